The monoisotopic (exact) mass is 373 g/mol. The predicted octanol–water partition coefficient (Wildman–Crippen LogP) is 3.01. The van der Waals surface area contributed by atoms with Gasteiger partial charge in [-0.15, -0.1) is 0 Å². The fourth-order valence-corrected chi connectivity index (χ4v) is 3.63. The van der Waals surface area contributed by atoms with Crippen molar-refractivity contribution in [1.29, 1.82) is 5.26 Å². The molecule has 2 atom stereocenters. The smallest absolute Gasteiger partial charge is 0.372 e. The van der Waals surface area contributed by atoms with E-state index in [1.807, 2.05) is 13.8 Å². The van der Waals surface area contributed by atoms with Gasteiger partial charge >= 0.3 is 6.18 Å². The molecular weight excluding hydrogens is 355 g/mol. The van der Waals surface area contributed by atoms with Crippen LogP contribution in [0.5, 0.6) is 0 Å². The molecule has 136 valence electrons. The van der Waals surface area contributed by atoms with E-state index in [0.717, 1.165) is 17.8 Å². The molecule has 0 radical (unpaired) electrons. The third-order valence-corrected chi connectivity index (χ3v) is 4.60. The molecule has 9 heteroatoms. The summed E-state index contributed by atoms with van der Waals surface area (Å²) in [6.07, 6.45) is -4.84. The summed E-state index contributed by atoms with van der Waals surface area (Å²) in [6.45, 7) is 6.00. The molecule has 2 unspecified atom stereocenters. The number of amides is 1. The van der Waals surface area contributed by atoms with Gasteiger partial charge in [0.05, 0.1) is 29.1 Å². The summed E-state index contributed by atoms with van der Waals surface area (Å²) in [6, 6.07) is 2.41. The maximum absolute atomic E-state index is 13.1. The summed E-state index contributed by atoms with van der Waals surface area (Å²) < 4.78 is 44.8. The molecule has 1 aliphatic heterocycles. The number of pyridine rings is 1. The number of morpholine rings is 1. The van der Waals surface area contributed by atoms with E-state index in [4.69, 9.17) is 10.00 Å². The zero-order chi connectivity index (χ0) is 18.8. The van der Waals surface area contributed by atoms with Gasteiger partial charge in [0.2, 0.25) is 5.91 Å². The van der Waals surface area contributed by atoms with Crippen molar-refractivity contribution < 1.29 is 22.7 Å². The number of aromatic nitrogens is 1. The summed E-state index contributed by atoms with van der Waals surface area (Å²) in [5.41, 5.74) is -1.42. The van der Waals surface area contributed by atoms with Gasteiger partial charge in [-0.2, -0.15) is 18.4 Å². The van der Waals surface area contributed by atoms with Crippen LogP contribution in [0.3, 0.4) is 0 Å². The van der Waals surface area contributed by atoms with E-state index in [1.165, 1.54) is 6.92 Å². The quantitative estimate of drug-likeness (QED) is 0.762. The summed E-state index contributed by atoms with van der Waals surface area (Å²) >= 11 is 0.855. The molecule has 1 amide bonds. The van der Waals surface area contributed by atoms with Crippen molar-refractivity contribution in [2.45, 2.75) is 44.2 Å². The van der Waals surface area contributed by atoms with Gasteiger partial charge in [0.25, 0.3) is 0 Å². The maximum Gasteiger partial charge on any atom is 0.417 e. The zero-order valence-corrected chi connectivity index (χ0v) is 14.9. The highest BCUT2D eigenvalue weighted by molar-refractivity contribution is 8.00. The number of carbonyl (C=O) groups excluding carboxylic acids is 1. The highest BCUT2D eigenvalue weighted by Crippen LogP contribution is 2.35. The largest absolute Gasteiger partial charge is 0.417 e. The number of nitriles is 1. The Balaban J connectivity index is 2.17. The second-order valence-corrected chi connectivity index (χ2v) is 6.91. The first-order valence-corrected chi connectivity index (χ1v) is 8.65. The average molecular weight is 373 g/mol. The molecule has 25 heavy (non-hydrogen) atoms. The number of nitrogens with zero attached hydrogens (tertiary/aromatic N) is 3. The molecule has 0 bridgehead atoms. The van der Waals surface area contributed by atoms with Gasteiger partial charge in [-0.05, 0) is 26.8 Å². The summed E-state index contributed by atoms with van der Waals surface area (Å²) in [5, 5.41) is 9.05. The Morgan fingerprint density at radius 1 is 1.44 bits per heavy atom. The van der Waals surface area contributed by atoms with Gasteiger partial charge in [-0.3, -0.25) is 4.79 Å². The fourth-order valence-electron chi connectivity index (χ4n) is 2.68. The lowest BCUT2D eigenvalue weighted by Gasteiger charge is -2.35. The lowest BCUT2D eigenvalue weighted by molar-refractivity contribution is -0.140. The van der Waals surface area contributed by atoms with Crippen LogP contribution in [-0.2, 0) is 15.7 Å². The minimum atomic E-state index is -4.65. The number of thioether (sulfide) groups is 1. The Bertz CT molecular complexity index is 693. The van der Waals surface area contributed by atoms with Crippen molar-refractivity contribution in [1.82, 2.24) is 9.88 Å². The average Bonchev–Trinajstić information content (AvgIpc) is 2.50. The van der Waals surface area contributed by atoms with Crippen molar-refractivity contribution in [3.05, 3.63) is 22.9 Å². The van der Waals surface area contributed by atoms with E-state index in [2.05, 4.69) is 4.98 Å². The van der Waals surface area contributed by atoms with Crippen molar-refractivity contribution in [3.8, 4) is 6.07 Å². The van der Waals surface area contributed by atoms with E-state index in [0.29, 0.717) is 13.1 Å². The zero-order valence-electron chi connectivity index (χ0n) is 14.1. The second kappa shape index (κ2) is 7.62. The van der Waals surface area contributed by atoms with Gasteiger partial charge in [-0.1, -0.05) is 11.8 Å². The Morgan fingerprint density at radius 3 is 2.56 bits per heavy atom. The Labute approximate surface area is 148 Å². The molecule has 2 rings (SSSR count). The van der Waals surface area contributed by atoms with Crippen molar-refractivity contribution >= 4 is 17.7 Å². The molecule has 1 aromatic rings. The number of hydrogen-bond donors (Lipinski definition) is 0. The van der Waals surface area contributed by atoms with Crippen LogP contribution in [-0.4, -0.2) is 46.8 Å². The first-order valence-electron chi connectivity index (χ1n) is 7.66. The van der Waals surface area contributed by atoms with E-state index in [9.17, 15) is 18.0 Å². The Morgan fingerprint density at radius 2 is 2.04 bits per heavy atom. The first kappa shape index (κ1) is 19.5. The second-order valence-electron chi connectivity index (χ2n) is 5.95. The summed E-state index contributed by atoms with van der Waals surface area (Å²) in [7, 11) is 0. The molecule has 2 heterocycles. The molecule has 1 saturated heterocycles. The van der Waals surface area contributed by atoms with Crippen molar-refractivity contribution in [2.75, 3.05) is 18.8 Å². The van der Waals surface area contributed by atoms with Crippen LogP contribution < -0.4 is 0 Å². The molecule has 1 aromatic heterocycles. The fraction of sp³-hybridized carbons (Fsp3) is 0.562. The van der Waals surface area contributed by atoms with E-state index >= 15 is 0 Å². The van der Waals surface area contributed by atoms with Gasteiger partial charge in [0.1, 0.15) is 11.1 Å². The lowest BCUT2D eigenvalue weighted by atomic mass is 10.1. The first-order chi connectivity index (χ1) is 11.6. The van der Waals surface area contributed by atoms with Gasteiger partial charge in [0.15, 0.2) is 0 Å². The SMILES string of the molecule is Cc1cc(C(F)(F)F)c(C#N)c(SCC(=O)N2CC(C)OC(C)C2)n1. The minimum Gasteiger partial charge on any atom is -0.372 e. The van der Waals surface area contributed by atoms with Crippen LogP contribution in [0.4, 0.5) is 13.2 Å². The molecule has 1 aliphatic rings. The van der Waals surface area contributed by atoms with Crippen molar-refractivity contribution in [3.63, 3.8) is 0 Å². The molecule has 0 aromatic carbocycles. The number of aryl methyl sites for hydroxylation is 1. The topological polar surface area (TPSA) is 66.2 Å². The number of hydrogen-bond acceptors (Lipinski definition) is 5. The highest BCUT2D eigenvalue weighted by Gasteiger charge is 2.36. The van der Waals surface area contributed by atoms with E-state index in [1.54, 1.807) is 11.0 Å². The predicted molar refractivity (Wildman–Crippen MR) is 86.0 cm³/mol. The van der Waals surface area contributed by atoms with Gasteiger partial charge in [0, 0.05) is 18.8 Å². The highest BCUT2D eigenvalue weighted by atomic mass is 32.2. The van der Waals surface area contributed by atoms with Gasteiger partial charge < -0.3 is 9.64 Å². The van der Waals surface area contributed by atoms with Crippen LogP contribution in [0, 0.1) is 18.3 Å². The molecule has 1 fully saturated rings. The molecule has 5 nitrogen and oxygen atoms in total. The number of alkyl halides is 3. The van der Waals surface area contributed by atoms with Crippen LogP contribution in [0.15, 0.2) is 11.1 Å². The normalized spacial score (nSPS) is 21.1. The van der Waals surface area contributed by atoms with Gasteiger partial charge in [-0.25, -0.2) is 4.98 Å². The third kappa shape index (κ3) is 4.86. The molecule has 0 N–H and O–H groups in total. The van der Waals surface area contributed by atoms with E-state index < -0.39 is 17.3 Å². The molecule has 0 aliphatic carbocycles. The number of ether oxygens (including phenoxy) is 1. The number of halogens is 3. The summed E-state index contributed by atoms with van der Waals surface area (Å²) in [5.74, 6) is -0.297. The van der Waals surface area contributed by atoms with Crippen LogP contribution in [0.1, 0.15) is 30.7 Å². The standard InChI is InChI=1S/C16H18F3N3O2S/c1-9-4-13(16(17,18)19)12(5-20)15(21-9)25-8-14(23)22-6-10(2)24-11(3)7-22/h4,10-11H,6-8H2,1-3H3. The molecular formula is C16H18F3N3O2S. The lowest BCUT2D eigenvalue weighted by Crippen LogP contribution is -2.48. The molecule has 0 spiro atoms. The van der Waals surface area contributed by atoms with Crippen molar-refractivity contribution in [2.24, 2.45) is 0 Å². The van der Waals surface area contributed by atoms with Crippen LogP contribution >= 0.6 is 11.8 Å². The maximum atomic E-state index is 13.1. The van der Waals surface area contributed by atoms with E-state index in [-0.39, 0.29) is 34.6 Å². The number of rotatable bonds is 3. The molecule has 0 saturated carbocycles. The third-order valence-electron chi connectivity index (χ3n) is 3.64. The number of carbonyl (C=O) groups is 1. The van der Waals surface area contributed by atoms with Crippen LogP contribution in [0.25, 0.3) is 0 Å². The Hall–Kier alpha value is -1.79. The Kier molecular flexibility index (Phi) is 5.95. The minimum absolute atomic E-state index is 0.0717. The summed E-state index contributed by atoms with van der Waals surface area (Å²) in [4.78, 5) is 18.0. The van der Waals surface area contributed by atoms with Crippen LogP contribution in [0.2, 0.25) is 0 Å².